The first-order valence-corrected chi connectivity index (χ1v) is 6.74. The fourth-order valence-electron chi connectivity index (χ4n) is 2.22. The first kappa shape index (κ1) is 13.8. The minimum Gasteiger partial charge on any atom is -0.326 e. The number of benzene rings is 2. The van der Waals surface area contributed by atoms with Crippen LogP contribution in [0.15, 0.2) is 42.5 Å². The van der Waals surface area contributed by atoms with Gasteiger partial charge < -0.3 is 5.73 Å². The van der Waals surface area contributed by atoms with Gasteiger partial charge in [-0.05, 0) is 46.7 Å². The number of hydrogen-bond acceptors (Lipinski definition) is 1. The molecule has 1 unspecified atom stereocenters. The normalized spacial score (nSPS) is 12.4. The molecule has 100 valence electrons. The summed E-state index contributed by atoms with van der Waals surface area (Å²) in [6.07, 6.45) is 1.12. The third-order valence-electron chi connectivity index (χ3n) is 3.69. The fraction of sp³-hybridized carbons (Fsp3) is 0.294. The van der Waals surface area contributed by atoms with Crippen LogP contribution in [-0.4, -0.2) is 0 Å². The van der Waals surface area contributed by atoms with E-state index in [1.165, 1.54) is 11.6 Å². The third kappa shape index (κ3) is 3.02. The molecule has 0 saturated heterocycles. The molecule has 0 saturated carbocycles. The van der Waals surface area contributed by atoms with Crippen molar-refractivity contribution >= 4 is 0 Å². The molecule has 19 heavy (non-hydrogen) atoms. The van der Waals surface area contributed by atoms with Crippen LogP contribution in [0.1, 0.15) is 37.3 Å². The highest BCUT2D eigenvalue weighted by Gasteiger charge is 2.07. The molecule has 0 radical (unpaired) electrons. The van der Waals surface area contributed by atoms with E-state index in [1.807, 2.05) is 0 Å². The topological polar surface area (TPSA) is 26.0 Å². The van der Waals surface area contributed by atoms with E-state index < -0.39 is 0 Å². The van der Waals surface area contributed by atoms with Crippen molar-refractivity contribution in [3.05, 3.63) is 59.4 Å². The minimum atomic E-state index is -0.224. The zero-order chi connectivity index (χ0) is 13.8. The zero-order valence-corrected chi connectivity index (χ0v) is 11.5. The monoisotopic (exact) mass is 257 g/mol. The molecule has 0 spiro atoms. The molecule has 2 rings (SSSR count). The molecule has 0 bridgehead atoms. The Bertz CT molecular complexity index is 546. The summed E-state index contributed by atoms with van der Waals surface area (Å²) < 4.78 is 13.4. The van der Waals surface area contributed by atoms with Crippen molar-refractivity contribution < 1.29 is 4.39 Å². The lowest BCUT2D eigenvalue weighted by Crippen LogP contribution is -1.99. The van der Waals surface area contributed by atoms with Crippen molar-refractivity contribution in [3.63, 3.8) is 0 Å². The summed E-state index contributed by atoms with van der Waals surface area (Å²) in [6.45, 7) is 4.81. The third-order valence-corrected chi connectivity index (χ3v) is 3.69. The van der Waals surface area contributed by atoms with Crippen LogP contribution in [0.3, 0.4) is 0 Å². The summed E-state index contributed by atoms with van der Waals surface area (Å²) in [6, 6.07) is 13.1. The number of halogens is 1. The van der Waals surface area contributed by atoms with Gasteiger partial charge in [0.15, 0.2) is 0 Å². The van der Waals surface area contributed by atoms with E-state index in [2.05, 4.69) is 38.1 Å². The van der Waals surface area contributed by atoms with Crippen molar-refractivity contribution in [2.24, 2.45) is 5.73 Å². The van der Waals surface area contributed by atoms with Crippen molar-refractivity contribution in [1.29, 1.82) is 0 Å². The van der Waals surface area contributed by atoms with Crippen LogP contribution >= 0.6 is 0 Å². The number of nitrogens with two attached hydrogens (primary N) is 1. The maximum Gasteiger partial charge on any atom is 0.123 e. The van der Waals surface area contributed by atoms with Gasteiger partial charge in [0.25, 0.3) is 0 Å². The SMILES string of the molecule is CCC(C)c1ccc(-c2cc(F)ccc2CN)cc1. The Hall–Kier alpha value is -1.67. The maximum absolute atomic E-state index is 13.4. The van der Waals surface area contributed by atoms with Crippen LogP contribution in [0.25, 0.3) is 11.1 Å². The van der Waals surface area contributed by atoms with Crippen molar-refractivity contribution in [1.82, 2.24) is 0 Å². The predicted octanol–water partition coefficient (Wildman–Crippen LogP) is 4.46. The van der Waals surface area contributed by atoms with Crippen LogP contribution in [0.2, 0.25) is 0 Å². The van der Waals surface area contributed by atoms with Gasteiger partial charge in [-0.25, -0.2) is 4.39 Å². The highest BCUT2D eigenvalue weighted by atomic mass is 19.1. The number of rotatable bonds is 4. The second-order valence-electron chi connectivity index (χ2n) is 4.94. The predicted molar refractivity (Wildman–Crippen MR) is 78.4 cm³/mol. The van der Waals surface area contributed by atoms with Gasteiger partial charge in [0.05, 0.1) is 0 Å². The summed E-state index contributed by atoms with van der Waals surface area (Å²) >= 11 is 0. The molecular weight excluding hydrogens is 237 g/mol. The smallest absolute Gasteiger partial charge is 0.123 e. The van der Waals surface area contributed by atoms with Crippen LogP contribution in [0.5, 0.6) is 0 Å². The molecule has 0 aliphatic rings. The molecule has 0 aliphatic heterocycles. The van der Waals surface area contributed by atoms with Crippen molar-refractivity contribution in [2.45, 2.75) is 32.7 Å². The fourth-order valence-corrected chi connectivity index (χ4v) is 2.22. The molecule has 2 heteroatoms. The Morgan fingerprint density at radius 3 is 2.37 bits per heavy atom. The second-order valence-corrected chi connectivity index (χ2v) is 4.94. The molecule has 0 aliphatic carbocycles. The van der Waals surface area contributed by atoms with Crippen molar-refractivity contribution in [3.8, 4) is 11.1 Å². The van der Waals surface area contributed by atoms with E-state index in [0.29, 0.717) is 12.5 Å². The van der Waals surface area contributed by atoms with Crippen LogP contribution in [-0.2, 0) is 6.54 Å². The molecule has 1 atom stereocenters. The van der Waals surface area contributed by atoms with E-state index in [4.69, 9.17) is 5.73 Å². The molecular formula is C17H20FN. The average molecular weight is 257 g/mol. The summed E-state index contributed by atoms with van der Waals surface area (Å²) in [5.41, 5.74) is 9.91. The standard InChI is InChI=1S/C17H20FN/c1-3-12(2)13-4-6-14(7-5-13)17-10-16(18)9-8-15(17)11-19/h4-10,12H,3,11,19H2,1-2H3. The summed E-state index contributed by atoms with van der Waals surface area (Å²) in [5, 5.41) is 0. The lowest BCUT2D eigenvalue weighted by Gasteiger charge is -2.12. The first-order valence-electron chi connectivity index (χ1n) is 6.74. The second kappa shape index (κ2) is 5.98. The van der Waals surface area contributed by atoms with E-state index in [0.717, 1.165) is 23.1 Å². The zero-order valence-electron chi connectivity index (χ0n) is 11.5. The molecule has 0 aromatic heterocycles. The Kier molecular flexibility index (Phi) is 4.33. The van der Waals surface area contributed by atoms with Crippen LogP contribution in [0, 0.1) is 5.82 Å². The first-order chi connectivity index (χ1) is 9.15. The van der Waals surface area contributed by atoms with E-state index in [9.17, 15) is 4.39 Å². The molecule has 0 amide bonds. The van der Waals surface area contributed by atoms with Crippen LogP contribution in [0.4, 0.5) is 4.39 Å². The maximum atomic E-state index is 13.4. The Morgan fingerprint density at radius 1 is 1.11 bits per heavy atom. The lowest BCUT2D eigenvalue weighted by molar-refractivity contribution is 0.627. The van der Waals surface area contributed by atoms with Gasteiger partial charge in [-0.1, -0.05) is 44.2 Å². The molecule has 2 aromatic carbocycles. The van der Waals surface area contributed by atoms with Gasteiger partial charge in [0.2, 0.25) is 0 Å². The van der Waals surface area contributed by atoms with Gasteiger partial charge in [-0.15, -0.1) is 0 Å². The van der Waals surface area contributed by atoms with Gasteiger partial charge in [-0.2, -0.15) is 0 Å². The van der Waals surface area contributed by atoms with Gasteiger partial charge in [0.1, 0.15) is 5.82 Å². The molecule has 1 nitrogen and oxygen atoms in total. The average Bonchev–Trinajstić information content (AvgIpc) is 2.46. The summed E-state index contributed by atoms with van der Waals surface area (Å²) in [7, 11) is 0. The Balaban J connectivity index is 2.39. The van der Waals surface area contributed by atoms with Crippen LogP contribution < -0.4 is 5.73 Å². The van der Waals surface area contributed by atoms with Gasteiger partial charge >= 0.3 is 0 Å². The lowest BCUT2D eigenvalue weighted by atomic mass is 9.94. The number of hydrogen-bond donors (Lipinski definition) is 1. The Morgan fingerprint density at radius 2 is 1.79 bits per heavy atom. The molecule has 2 aromatic rings. The highest BCUT2D eigenvalue weighted by Crippen LogP contribution is 2.27. The molecule has 2 N–H and O–H groups in total. The van der Waals surface area contributed by atoms with E-state index in [1.54, 1.807) is 12.1 Å². The largest absolute Gasteiger partial charge is 0.326 e. The minimum absolute atomic E-state index is 0.224. The Labute approximate surface area is 114 Å². The van der Waals surface area contributed by atoms with Crippen molar-refractivity contribution in [2.75, 3.05) is 0 Å². The van der Waals surface area contributed by atoms with E-state index in [-0.39, 0.29) is 5.82 Å². The quantitative estimate of drug-likeness (QED) is 0.859. The van der Waals surface area contributed by atoms with Gasteiger partial charge in [-0.3, -0.25) is 0 Å². The molecule has 0 fully saturated rings. The van der Waals surface area contributed by atoms with E-state index >= 15 is 0 Å². The molecule has 0 heterocycles. The highest BCUT2D eigenvalue weighted by molar-refractivity contribution is 5.67. The van der Waals surface area contributed by atoms with Gasteiger partial charge in [0, 0.05) is 6.54 Å². The summed E-state index contributed by atoms with van der Waals surface area (Å²) in [4.78, 5) is 0. The summed E-state index contributed by atoms with van der Waals surface area (Å²) in [5.74, 6) is 0.328.